The second-order valence-electron chi connectivity index (χ2n) is 5.84. The number of rotatable bonds is 8. The van der Waals surface area contributed by atoms with E-state index in [1.54, 1.807) is 61.8 Å². The number of hydrogen-bond donors (Lipinski definition) is 2. The molecule has 3 rings (SSSR count). The van der Waals surface area contributed by atoms with E-state index < -0.39 is 0 Å². The molecule has 0 unspecified atom stereocenters. The quantitative estimate of drug-likeness (QED) is 0.581. The molecule has 0 bridgehead atoms. The molecule has 2 N–H and O–H groups in total. The average Bonchev–Trinajstić information content (AvgIpc) is 2.73. The lowest BCUT2D eigenvalue weighted by Gasteiger charge is -2.09. The van der Waals surface area contributed by atoms with Crippen LogP contribution in [0.5, 0.6) is 11.5 Å². The molecular weight excluding hydrogens is 361 g/mol. The van der Waals surface area contributed by atoms with Gasteiger partial charge in [-0.05, 0) is 60.7 Å². The maximum Gasteiger partial charge on any atom is 0.269 e. The molecule has 0 saturated heterocycles. The van der Waals surface area contributed by atoms with Gasteiger partial charge in [-0.3, -0.25) is 4.79 Å². The predicted molar refractivity (Wildman–Crippen MR) is 105 cm³/mol. The lowest BCUT2D eigenvalue weighted by Crippen LogP contribution is -2.28. The minimum absolute atomic E-state index is 0.285. The number of carbonyl (C=O) groups excluding carboxylic acids is 1. The Kier molecular flexibility index (Phi) is 6.41. The smallest absolute Gasteiger partial charge is 0.269 e. The lowest BCUT2D eigenvalue weighted by molar-refractivity contribution is 0.0942. The fourth-order valence-corrected chi connectivity index (χ4v) is 2.40. The van der Waals surface area contributed by atoms with Crippen LogP contribution >= 0.6 is 0 Å². The van der Waals surface area contributed by atoms with Gasteiger partial charge in [0.15, 0.2) is 0 Å². The molecule has 144 valence electrons. The van der Waals surface area contributed by atoms with E-state index in [0.717, 1.165) is 11.4 Å². The number of nitrogens with one attached hydrogen (secondary N) is 2. The first kappa shape index (κ1) is 19.2. The lowest BCUT2D eigenvalue weighted by atomic mass is 10.2. The van der Waals surface area contributed by atoms with E-state index in [1.807, 2.05) is 0 Å². The van der Waals surface area contributed by atoms with Crippen LogP contribution in [0.15, 0.2) is 66.9 Å². The highest BCUT2D eigenvalue weighted by atomic mass is 19.1. The number of ether oxygens (including phenoxy) is 2. The van der Waals surface area contributed by atoms with E-state index in [9.17, 15) is 9.18 Å². The van der Waals surface area contributed by atoms with Gasteiger partial charge in [-0.2, -0.15) is 0 Å². The molecule has 0 radical (unpaired) electrons. The van der Waals surface area contributed by atoms with Crippen molar-refractivity contribution in [2.24, 2.45) is 0 Å². The maximum atomic E-state index is 12.9. The van der Waals surface area contributed by atoms with E-state index in [1.165, 1.54) is 12.1 Å². The zero-order chi connectivity index (χ0) is 19.8. The highest BCUT2D eigenvalue weighted by molar-refractivity contribution is 5.92. The molecule has 0 fully saturated rings. The first-order valence-corrected chi connectivity index (χ1v) is 8.68. The molecule has 1 heterocycles. The van der Waals surface area contributed by atoms with Crippen molar-refractivity contribution in [1.82, 2.24) is 10.3 Å². The van der Waals surface area contributed by atoms with Crippen LogP contribution in [-0.4, -0.2) is 31.2 Å². The summed E-state index contributed by atoms with van der Waals surface area (Å²) in [6.07, 6.45) is 1.55. The molecule has 7 heteroatoms. The minimum atomic E-state index is -0.299. The summed E-state index contributed by atoms with van der Waals surface area (Å²) < 4.78 is 23.6. The molecule has 0 aliphatic rings. The van der Waals surface area contributed by atoms with Gasteiger partial charge in [0.1, 0.15) is 29.6 Å². The molecular formula is C21H20FN3O3. The topological polar surface area (TPSA) is 72.5 Å². The summed E-state index contributed by atoms with van der Waals surface area (Å²) in [7, 11) is 1.60. The summed E-state index contributed by atoms with van der Waals surface area (Å²) in [6.45, 7) is 0.685. The summed E-state index contributed by atoms with van der Waals surface area (Å²) >= 11 is 0. The van der Waals surface area contributed by atoms with Crippen molar-refractivity contribution in [3.05, 3.63) is 78.4 Å². The predicted octanol–water partition coefficient (Wildman–Crippen LogP) is 3.78. The van der Waals surface area contributed by atoms with Crippen molar-refractivity contribution in [1.29, 1.82) is 0 Å². The van der Waals surface area contributed by atoms with Crippen LogP contribution in [0.4, 0.5) is 15.8 Å². The summed E-state index contributed by atoms with van der Waals surface area (Å²) in [5.41, 5.74) is 1.73. The van der Waals surface area contributed by atoms with Crippen LogP contribution in [0.1, 0.15) is 10.5 Å². The summed E-state index contributed by atoms with van der Waals surface area (Å²) in [5.74, 6) is 0.867. The van der Waals surface area contributed by atoms with Gasteiger partial charge in [-0.15, -0.1) is 0 Å². The number of anilines is 2. The molecule has 1 aromatic heterocycles. The van der Waals surface area contributed by atoms with Gasteiger partial charge in [-0.25, -0.2) is 9.37 Å². The van der Waals surface area contributed by atoms with Crippen LogP contribution in [0.3, 0.4) is 0 Å². The fraction of sp³-hybridized carbons (Fsp3) is 0.143. The van der Waals surface area contributed by atoms with Gasteiger partial charge in [0.2, 0.25) is 0 Å². The number of hydrogen-bond acceptors (Lipinski definition) is 5. The second kappa shape index (κ2) is 9.36. The van der Waals surface area contributed by atoms with Gasteiger partial charge in [0.25, 0.3) is 5.91 Å². The Bertz CT molecular complexity index is 898. The molecule has 0 aliphatic carbocycles. The number of nitrogens with zero attached hydrogens (tertiary/aromatic N) is 1. The summed E-state index contributed by atoms with van der Waals surface area (Å²) in [5, 5.41) is 5.84. The monoisotopic (exact) mass is 381 g/mol. The Labute approximate surface area is 162 Å². The highest BCUT2D eigenvalue weighted by Gasteiger charge is 2.07. The number of methoxy groups -OCH3 is 1. The minimum Gasteiger partial charge on any atom is -0.497 e. The van der Waals surface area contributed by atoms with Crippen molar-refractivity contribution in [3.8, 4) is 11.5 Å². The third-order valence-electron chi connectivity index (χ3n) is 3.84. The highest BCUT2D eigenvalue weighted by Crippen LogP contribution is 2.17. The van der Waals surface area contributed by atoms with Crippen molar-refractivity contribution >= 4 is 17.3 Å². The van der Waals surface area contributed by atoms with Crippen LogP contribution < -0.4 is 20.1 Å². The fourth-order valence-electron chi connectivity index (χ4n) is 2.40. The standard InChI is InChI=1S/C21H20FN3O3/c1-27-18-7-9-19(10-8-18)28-13-12-23-21(26)20-11-6-17(14-24-20)25-16-4-2-15(22)3-5-16/h2-11,14,25H,12-13H2,1H3,(H,23,26). The van der Waals surface area contributed by atoms with E-state index in [4.69, 9.17) is 9.47 Å². The number of carbonyl (C=O) groups is 1. The Hall–Kier alpha value is -3.61. The SMILES string of the molecule is COc1ccc(OCCNC(=O)c2ccc(Nc3ccc(F)cc3)cn2)cc1. The second-order valence-corrected chi connectivity index (χ2v) is 5.84. The van der Waals surface area contributed by atoms with Crippen LogP contribution in [0.2, 0.25) is 0 Å². The number of pyridine rings is 1. The van der Waals surface area contributed by atoms with Gasteiger partial charge in [-0.1, -0.05) is 0 Å². The molecule has 3 aromatic rings. The van der Waals surface area contributed by atoms with E-state index in [-0.39, 0.29) is 11.7 Å². The van der Waals surface area contributed by atoms with Gasteiger partial charge in [0, 0.05) is 5.69 Å². The molecule has 0 aliphatic heterocycles. The number of aromatic nitrogens is 1. The van der Waals surface area contributed by atoms with E-state index in [0.29, 0.717) is 30.3 Å². The molecule has 28 heavy (non-hydrogen) atoms. The van der Waals surface area contributed by atoms with Crippen molar-refractivity contribution in [3.63, 3.8) is 0 Å². The first-order valence-electron chi connectivity index (χ1n) is 8.68. The van der Waals surface area contributed by atoms with Crippen LogP contribution in [0, 0.1) is 5.82 Å². The molecule has 1 amide bonds. The van der Waals surface area contributed by atoms with Gasteiger partial charge < -0.3 is 20.1 Å². The first-order chi connectivity index (χ1) is 13.6. The molecule has 0 atom stereocenters. The zero-order valence-corrected chi connectivity index (χ0v) is 15.3. The summed E-state index contributed by atoms with van der Waals surface area (Å²) in [6, 6.07) is 16.5. The molecule has 0 spiro atoms. The average molecular weight is 381 g/mol. The Morgan fingerprint density at radius 3 is 2.29 bits per heavy atom. The molecule has 6 nitrogen and oxygen atoms in total. The Balaban J connectivity index is 1.44. The molecule has 0 saturated carbocycles. The van der Waals surface area contributed by atoms with Crippen LogP contribution in [0.25, 0.3) is 0 Å². The Morgan fingerprint density at radius 1 is 0.964 bits per heavy atom. The zero-order valence-electron chi connectivity index (χ0n) is 15.3. The Morgan fingerprint density at radius 2 is 1.64 bits per heavy atom. The van der Waals surface area contributed by atoms with E-state index in [2.05, 4.69) is 15.6 Å². The van der Waals surface area contributed by atoms with E-state index >= 15 is 0 Å². The third kappa shape index (κ3) is 5.44. The number of halogens is 1. The summed E-state index contributed by atoms with van der Waals surface area (Å²) in [4.78, 5) is 16.3. The van der Waals surface area contributed by atoms with Gasteiger partial charge >= 0.3 is 0 Å². The maximum absolute atomic E-state index is 12.9. The largest absolute Gasteiger partial charge is 0.497 e. The number of amides is 1. The third-order valence-corrected chi connectivity index (χ3v) is 3.84. The van der Waals surface area contributed by atoms with Gasteiger partial charge in [0.05, 0.1) is 25.5 Å². The molecule has 2 aromatic carbocycles. The van der Waals surface area contributed by atoms with Crippen molar-refractivity contribution in [2.75, 3.05) is 25.6 Å². The normalized spacial score (nSPS) is 10.2. The van der Waals surface area contributed by atoms with Crippen molar-refractivity contribution in [2.45, 2.75) is 0 Å². The van der Waals surface area contributed by atoms with Crippen molar-refractivity contribution < 1.29 is 18.7 Å². The number of benzene rings is 2. The van der Waals surface area contributed by atoms with Crippen LogP contribution in [-0.2, 0) is 0 Å².